The molecule has 0 fully saturated rings. The van der Waals surface area contributed by atoms with Crippen molar-refractivity contribution in [1.29, 1.82) is 0 Å². The van der Waals surface area contributed by atoms with Crippen molar-refractivity contribution in [2.24, 2.45) is 0 Å². The van der Waals surface area contributed by atoms with Gasteiger partial charge in [0.2, 0.25) is 0 Å². The first-order valence-electron chi connectivity index (χ1n) is 15.0. The predicted molar refractivity (Wildman–Crippen MR) is 167 cm³/mol. The van der Waals surface area contributed by atoms with Gasteiger partial charge in [-0.1, -0.05) is 107 Å². The molecule has 2 aromatic carbocycles. The fourth-order valence-corrected chi connectivity index (χ4v) is 4.91. The second-order valence-corrected chi connectivity index (χ2v) is 12.7. The summed E-state index contributed by atoms with van der Waals surface area (Å²) >= 11 is 0. The molecule has 0 unspecified atom stereocenters. The highest BCUT2D eigenvalue weighted by Gasteiger charge is 2.24. The van der Waals surface area contributed by atoms with Gasteiger partial charge >= 0.3 is 11.9 Å². The lowest BCUT2D eigenvalue weighted by atomic mass is 9.84. The normalized spacial score (nSPS) is 12.2. The highest BCUT2D eigenvalue weighted by Crippen LogP contribution is 2.34. The monoisotopic (exact) mass is 548 g/mol. The molecule has 0 N–H and O–H groups in total. The molecule has 0 aromatic heterocycles. The van der Waals surface area contributed by atoms with Crippen molar-refractivity contribution in [2.45, 2.75) is 119 Å². The van der Waals surface area contributed by atoms with E-state index in [1.54, 1.807) is 12.2 Å². The third-order valence-corrected chi connectivity index (χ3v) is 7.46. The van der Waals surface area contributed by atoms with Gasteiger partial charge in [-0.2, -0.15) is 0 Å². The van der Waals surface area contributed by atoms with Crippen molar-refractivity contribution in [2.75, 3.05) is 13.2 Å². The zero-order chi connectivity index (χ0) is 30.3. The largest absolute Gasteiger partial charge is 0.458 e. The second-order valence-electron chi connectivity index (χ2n) is 12.7. The van der Waals surface area contributed by atoms with E-state index in [-0.39, 0.29) is 48.8 Å². The summed E-state index contributed by atoms with van der Waals surface area (Å²) < 4.78 is 11.3. The lowest BCUT2D eigenvalue weighted by molar-refractivity contribution is 0.0523. The minimum Gasteiger partial charge on any atom is -0.458 e. The van der Waals surface area contributed by atoms with Crippen LogP contribution in [0.3, 0.4) is 0 Å². The third-order valence-electron chi connectivity index (χ3n) is 7.46. The van der Waals surface area contributed by atoms with Crippen LogP contribution in [0.15, 0.2) is 36.4 Å². The van der Waals surface area contributed by atoms with E-state index in [0.29, 0.717) is 23.0 Å². The van der Waals surface area contributed by atoms with E-state index in [9.17, 15) is 9.59 Å². The number of rotatable bonds is 12. The summed E-state index contributed by atoms with van der Waals surface area (Å²) in [6.45, 7) is 25.8. The van der Waals surface area contributed by atoms with Crippen LogP contribution in [-0.2, 0) is 9.47 Å². The molecule has 0 radical (unpaired) electrons. The molecule has 0 bridgehead atoms. The van der Waals surface area contributed by atoms with Crippen LogP contribution in [0.1, 0.15) is 173 Å². The minimum absolute atomic E-state index is 0.120. The van der Waals surface area contributed by atoms with Gasteiger partial charge in [0.25, 0.3) is 0 Å². The van der Waals surface area contributed by atoms with Crippen molar-refractivity contribution < 1.29 is 19.1 Å². The van der Waals surface area contributed by atoms with Gasteiger partial charge < -0.3 is 9.47 Å². The molecule has 2 aromatic rings. The van der Waals surface area contributed by atoms with E-state index in [4.69, 9.17) is 9.47 Å². The number of benzene rings is 2. The van der Waals surface area contributed by atoms with Crippen LogP contribution < -0.4 is 0 Å². The van der Waals surface area contributed by atoms with Crippen molar-refractivity contribution >= 4 is 11.9 Å². The van der Waals surface area contributed by atoms with E-state index >= 15 is 0 Å². The standard InChI is InChI=1S/C36H52O4/c1-21(2)27-17-29(23(5)6)33(30(18-27)24(7)8)35(37)39-15-13-14-16-40-36(38)34-31(25(9)10)19-28(22(3)4)20-32(34)26(11)12/h13-14,17-26H,15-16H2,1-12H3. The Hall–Kier alpha value is -2.88. The van der Waals surface area contributed by atoms with Gasteiger partial charge in [-0.3, -0.25) is 0 Å². The molecule has 4 heteroatoms. The fourth-order valence-electron chi connectivity index (χ4n) is 4.91. The maximum absolute atomic E-state index is 13.2. The van der Waals surface area contributed by atoms with E-state index in [2.05, 4.69) is 107 Å². The Kier molecular flexibility index (Phi) is 12.2. The van der Waals surface area contributed by atoms with Crippen LogP contribution in [0.25, 0.3) is 0 Å². The molecule has 0 saturated carbocycles. The summed E-state index contributed by atoms with van der Waals surface area (Å²) in [4.78, 5) is 26.5. The van der Waals surface area contributed by atoms with Gasteiger partial charge in [0, 0.05) is 0 Å². The maximum atomic E-state index is 13.2. The van der Waals surface area contributed by atoms with Crippen molar-refractivity contribution in [1.82, 2.24) is 0 Å². The topological polar surface area (TPSA) is 52.6 Å². The van der Waals surface area contributed by atoms with Crippen molar-refractivity contribution in [3.05, 3.63) is 80.9 Å². The SMILES string of the molecule is CC(C)c1cc(C(C)C)c(C(=O)OCC=CCOC(=O)c2c(C(C)C)cc(C(C)C)cc2C(C)C)c(C(C)C)c1. The van der Waals surface area contributed by atoms with Crippen LogP contribution in [-0.4, -0.2) is 25.2 Å². The van der Waals surface area contributed by atoms with Crippen molar-refractivity contribution in [3.63, 3.8) is 0 Å². The summed E-state index contributed by atoms with van der Waals surface area (Å²) in [5, 5.41) is 0. The molecular formula is C36H52O4. The highest BCUT2D eigenvalue weighted by molar-refractivity contribution is 5.94. The Balaban J connectivity index is 2.15. The molecule has 40 heavy (non-hydrogen) atoms. The average Bonchev–Trinajstić information content (AvgIpc) is 2.88. The first kappa shape index (κ1) is 33.3. The molecule has 0 spiro atoms. The first-order valence-corrected chi connectivity index (χ1v) is 15.0. The zero-order valence-corrected chi connectivity index (χ0v) is 27.0. The number of carbonyl (C=O) groups excluding carboxylic acids is 2. The second kappa shape index (κ2) is 14.7. The van der Waals surface area contributed by atoms with Gasteiger partial charge in [-0.15, -0.1) is 0 Å². The Bertz CT molecular complexity index is 1040. The molecule has 220 valence electrons. The smallest absolute Gasteiger partial charge is 0.339 e. The van der Waals surface area contributed by atoms with Gasteiger partial charge in [-0.05, 0) is 81.0 Å². The van der Waals surface area contributed by atoms with Gasteiger partial charge in [-0.25, -0.2) is 9.59 Å². The molecular weight excluding hydrogens is 496 g/mol. The van der Waals surface area contributed by atoms with Crippen LogP contribution >= 0.6 is 0 Å². The maximum Gasteiger partial charge on any atom is 0.339 e. The molecule has 0 heterocycles. The minimum atomic E-state index is -0.308. The lowest BCUT2D eigenvalue weighted by Gasteiger charge is -2.22. The summed E-state index contributed by atoms with van der Waals surface area (Å²) in [5.41, 5.74) is 7.97. The van der Waals surface area contributed by atoms with Crippen LogP contribution in [0.2, 0.25) is 0 Å². The van der Waals surface area contributed by atoms with Gasteiger partial charge in [0.1, 0.15) is 13.2 Å². The molecule has 0 aliphatic rings. The van der Waals surface area contributed by atoms with E-state index in [0.717, 1.165) is 22.3 Å². The van der Waals surface area contributed by atoms with Gasteiger partial charge in [0.15, 0.2) is 0 Å². The predicted octanol–water partition coefficient (Wildman–Crippen LogP) is 10.00. The van der Waals surface area contributed by atoms with Gasteiger partial charge in [0.05, 0.1) is 11.1 Å². The fraction of sp³-hybridized carbons (Fsp3) is 0.556. The molecule has 0 aliphatic heterocycles. The average molecular weight is 549 g/mol. The van der Waals surface area contributed by atoms with Crippen LogP contribution in [0.4, 0.5) is 0 Å². The van der Waals surface area contributed by atoms with E-state index in [1.165, 1.54) is 11.1 Å². The Labute approximate surface area is 243 Å². The highest BCUT2D eigenvalue weighted by atomic mass is 16.5. The Morgan fingerprint density at radius 3 is 0.950 bits per heavy atom. The zero-order valence-electron chi connectivity index (χ0n) is 27.0. The number of hydrogen-bond acceptors (Lipinski definition) is 4. The first-order chi connectivity index (χ1) is 18.7. The van der Waals surface area contributed by atoms with Crippen LogP contribution in [0.5, 0.6) is 0 Å². The number of ether oxygens (including phenoxy) is 2. The lowest BCUT2D eigenvalue weighted by Crippen LogP contribution is -2.15. The summed E-state index contributed by atoms with van der Waals surface area (Å²) in [6, 6.07) is 8.60. The molecule has 2 rings (SSSR count). The van der Waals surface area contributed by atoms with E-state index < -0.39 is 0 Å². The van der Waals surface area contributed by atoms with Crippen LogP contribution in [0, 0.1) is 0 Å². The summed E-state index contributed by atoms with van der Waals surface area (Å²) in [5.74, 6) is 0.962. The third kappa shape index (κ3) is 8.32. The molecule has 0 amide bonds. The molecule has 0 atom stereocenters. The number of esters is 2. The number of carbonyl (C=O) groups is 2. The summed E-state index contributed by atoms with van der Waals surface area (Å²) in [7, 11) is 0. The molecule has 4 nitrogen and oxygen atoms in total. The Morgan fingerprint density at radius 1 is 0.500 bits per heavy atom. The Morgan fingerprint density at radius 2 is 0.750 bits per heavy atom. The molecule has 0 aliphatic carbocycles. The van der Waals surface area contributed by atoms with Crippen molar-refractivity contribution in [3.8, 4) is 0 Å². The summed E-state index contributed by atoms with van der Waals surface area (Å²) in [6.07, 6.45) is 3.48. The molecule has 0 saturated heterocycles. The number of hydrogen-bond donors (Lipinski definition) is 0. The van der Waals surface area contributed by atoms with E-state index in [1.807, 2.05) is 0 Å². The quantitative estimate of drug-likeness (QED) is 0.196.